The Labute approximate surface area is 151 Å². The first-order valence-electron chi connectivity index (χ1n) is 8.99. The lowest BCUT2D eigenvalue weighted by Gasteiger charge is -2.19. The Hall–Kier alpha value is -2.20. The lowest BCUT2D eigenvalue weighted by Crippen LogP contribution is -2.25. The fourth-order valence-corrected chi connectivity index (χ4v) is 2.37. The van der Waals surface area contributed by atoms with Crippen LogP contribution in [0.3, 0.4) is 0 Å². The number of anilines is 1. The summed E-state index contributed by atoms with van der Waals surface area (Å²) in [6, 6.07) is 16.2. The molecule has 0 heterocycles. The highest BCUT2D eigenvalue weighted by Gasteiger charge is 2.08. The maximum absolute atomic E-state index is 6.05. The molecule has 0 fully saturated rings. The smallest absolute Gasteiger partial charge is 0.121 e. The molecule has 0 aromatic heterocycles. The summed E-state index contributed by atoms with van der Waals surface area (Å²) in [5.41, 5.74) is 2.26. The van der Waals surface area contributed by atoms with Crippen LogP contribution in [0.15, 0.2) is 48.5 Å². The fourth-order valence-electron chi connectivity index (χ4n) is 2.37. The van der Waals surface area contributed by atoms with E-state index in [1.807, 2.05) is 43.3 Å². The molecule has 1 unspecified atom stereocenters. The highest BCUT2D eigenvalue weighted by atomic mass is 16.5. The summed E-state index contributed by atoms with van der Waals surface area (Å²) < 4.78 is 17.0. The van der Waals surface area contributed by atoms with E-state index >= 15 is 0 Å². The van der Waals surface area contributed by atoms with Crippen molar-refractivity contribution >= 4 is 5.69 Å². The first-order chi connectivity index (χ1) is 12.2. The molecule has 2 aromatic rings. The van der Waals surface area contributed by atoms with Crippen molar-refractivity contribution in [2.75, 3.05) is 31.7 Å². The van der Waals surface area contributed by atoms with Crippen LogP contribution in [0.4, 0.5) is 5.69 Å². The second kappa shape index (κ2) is 10.6. The second-order valence-electron chi connectivity index (χ2n) is 5.92. The molecule has 0 amide bonds. The maximum Gasteiger partial charge on any atom is 0.121 e. The monoisotopic (exact) mass is 343 g/mol. The second-order valence-corrected chi connectivity index (χ2v) is 5.92. The number of benzene rings is 2. The summed E-state index contributed by atoms with van der Waals surface area (Å²) in [4.78, 5) is 0. The number of rotatable bonds is 11. The van der Waals surface area contributed by atoms with Crippen LogP contribution in [-0.2, 0) is 4.74 Å². The Bertz CT molecular complexity index is 613. The van der Waals surface area contributed by atoms with Gasteiger partial charge in [-0.1, -0.05) is 30.7 Å². The summed E-state index contributed by atoms with van der Waals surface area (Å²) in [6.07, 6.45) is 1.05. The summed E-state index contributed by atoms with van der Waals surface area (Å²) in [7, 11) is 0. The van der Waals surface area contributed by atoms with E-state index in [1.165, 1.54) is 5.56 Å². The van der Waals surface area contributed by atoms with E-state index in [0.717, 1.165) is 30.2 Å². The van der Waals surface area contributed by atoms with E-state index in [-0.39, 0.29) is 6.10 Å². The molecule has 1 N–H and O–H groups in total. The number of hydrogen-bond donors (Lipinski definition) is 1. The van der Waals surface area contributed by atoms with Gasteiger partial charge in [0, 0.05) is 18.4 Å². The van der Waals surface area contributed by atoms with Crippen LogP contribution >= 0.6 is 0 Å². The molecule has 1 atom stereocenters. The zero-order chi connectivity index (χ0) is 17.9. The van der Waals surface area contributed by atoms with E-state index < -0.39 is 0 Å². The Morgan fingerprint density at radius 1 is 0.960 bits per heavy atom. The van der Waals surface area contributed by atoms with E-state index in [0.29, 0.717) is 19.8 Å². The van der Waals surface area contributed by atoms with Crippen molar-refractivity contribution in [1.29, 1.82) is 0 Å². The van der Waals surface area contributed by atoms with Gasteiger partial charge in [-0.25, -0.2) is 0 Å². The topological polar surface area (TPSA) is 39.7 Å². The van der Waals surface area contributed by atoms with Crippen LogP contribution in [0.1, 0.15) is 25.8 Å². The maximum atomic E-state index is 6.05. The molecule has 2 aromatic carbocycles. The summed E-state index contributed by atoms with van der Waals surface area (Å²) in [6.45, 7) is 8.81. The number of nitrogens with one attached hydrogen (secondary N) is 1. The van der Waals surface area contributed by atoms with Crippen LogP contribution in [0.25, 0.3) is 0 Å². The third kappa shape index (κ3) is 7.06. The highest BCUT2D eigenvalue weighted by Crippen LogP contribution is 2.19. The van der Waals surface area contributed by atoms with Gasteiger partial charge in [-0.15, -0.1) is 0 Å². The van der Waals surface area contributed by atoms with Crippen molar-refractivity contribution in [3.05, 3.63) is 54.1 Å². The number of hydrogen-bond acceptors (Lipinski definition) is 4. The third-order valence-corrected chi connectivity index (χ3v) is 3.85. The highest BCUT2D eigenvalue weighted by molar-refractivity contribution is 5.48. The molecule has 0 aliphatic heterocycles. The van der Waals surface area contributed by atoms with Gasteiger partial charge in [-0.2, -0.15) is 0 Å². The number of ether oxygens (including phenoxy) is 3. The van der Waals surface area contributed by atoms with Crippen molar-refractivity contribution in [2.45, 2.75) is 33.3 Å². The molecule has 0 aliphatic rings. The van der Waals surface area contributed by atoms with Crippen molar-refractivity contribution < 1.29 is 14.2 Å². The van der Waals surface area contributed by atoms with E-state index in [4.69, 9.17) is 14.2 Å². The lowest BCUT2D eigenvalue weighted by molar-refractivity contribution is 0.110. The van der Waals surface area contributed by atoms with Gasteiger partial charge in [0.25, 0.3) is 0 Å². The van der Waals surface area contributed by atoms with Gasteiger partial charge in [0.1, 0.15) is 24.2 Å². The molecule has 25 heavy (non-hydrogen) atoms. The van der Waals surface area contributed by atoms with E-state index in [1.54, 1.807) is 0 Å². The number of aryl methyl sites for hydroxylation is 1. The molecule has 2 rings (SSSR count). The van der Waals surface area contributed by atoms with Crippen LogP contribution in [-0.4, -0.2) is 32.5 Å². The Morgan fingerprint density at radius 2 is 1.76 bits per heavy atom. The average molecular weight is 343 g/mol. The molecular formula is C21H29NO3. The molecule has 0 saturated heterocycles. The lowest BCUT2D eigenvalue weighted by atomic mass is 10.2. The molecule has 136 valence electrons. The minimum Gasteiger partial charge on any atom is -0.491 e. The van der Waals surface area contributed by atoms with Crippen molar-refractivity contribution in [1.82, 2.24) is 0 Å². The molecule has 0 saturated carbocycles. The van der Waals surface area contributed by atoms with E-state index in [9.17, 15) is 0 Å². The zero-order valence-electron chi connectivity index (χ0n) is 15.5. The molecule has 0 bridgehead atoms. The first-order valence-corrected chi connectivity index (χ1v) is 8.99. The molecular weight excluding hydrogens is 314 g/mol. The van der Waals surface area contributed by atoms with Gasteiger partial charge in [0.15, 0.2) is 0 Å². The van der Waals surface area contributed by atoms with Gasteiger partial charge < -0.3 is 19.5 Å². The molecule has 4 heteroatoms. The predicted molar refractivity (Wildman–Crippen MR) is 103 cm³/mol. The van der Waals surface area contributed by atoms with Crippen LogP contribution in [0.5, 0.6) is 11.5 Å². The molecule has 0 spiro atoms. The van der Waals surface area contributed by atoms with Gasteiger partial charge in [0.2, 0.25) is 0 Å². The normalized spacial score (nSPS) is 11.8. The van der Waals surface area contributed by atoms with Gasteiger partial charge >= 0.3 is 0 Å². The summed E-state index contributed by atoms with van der Waals surface area (Å²) in [5, 5.41) is 3.43. The minimum absolute atomic E-state index is 0.116. The van der Waals surface area contributed by atoms with Gasteiger partial charge in [-0.3, -0.25) is 0 Å². The standard InChI is InChI=1S/C21H29NO3/c1-4-19(25-20-11-9-17(3)10-12-20)16-22-18-7-6-8-21(15-18)24-14-13-23-5-2/h6-12,15,19,22H,4-5,13-14,16H2,1-3H3. The Morgan fingerprint density at radius 3 is 2.48 bits per heavy atom. The van der Waals surface area contributed by atoms with Crippen LogP contribution in [0.2, 0.25) is 0 Å². The zero-order valence-corrected chi connectivity index (χ0v) is 15.5. The molecule has 0 radical (unpaired) electrons. The predicted octanol–water partition coefficient (Wildman–Crippen LogP) is 4.68. The van der Waals surface area contributed by atoms with Crippen molar-refractivity contribution in [3.63, 3.8) is 0 Å². The quantitative estimate of drug-likeness (QED) is 0.601. The fraction of sp³-hybridized carbons (Fsp3) is 0.429. The van der Waals surface area contributed by atoms with E-state index in [2.05, 4.69) is 31.3 Å². The average Bonchev–Trinajstić information content (AvgIpc) is 2.64. The van der Waals surface area contributed by atoms with Crippen molar-refractivity contribution in [2.24, 2.45) is 0 Å². The van der Waals surface area contributed by atoms with Crippen LogP contribution < -0.4 is 14.8 Å². The molecule has 4 nitrogen and oxygen atoms in total. The molecule has 0 aliphatic carbocycles. The third-order valence-electron chi connectivity index (χ3n) is 3.85. The first kappa shape index (κ1) is 19.1. The van der Waals surface area contributed by atoms with Gasteiger partial charge in [-0.05, 0) is 44.5 Å². The van der Waals surface area contributed by atoms with Crippen molar-refractivity contribution in [3.8, 4) is 11.5 Å². The van der Waals surface area contributed by atoms with Gasteiger partial charge in [0.05, 0.1) is 13.2 Å². The van der Waals surface area contributed by atoms with Crippen LogP contribution in [0, 0.1) is 6.92 Å². The Balaban J connectivity index is 1.82. The summed E-state index contributed by atoms with van der Waals surface area (Å²) >= 11 is 0. The Kier molecular flexibility index (Phi) is 8.13. The SMILES string of the molecule is CCOCCOc1cccc(NCC(CC)Oc2ccc(C)cc2)c1. The minimum atomic E-state index is 0.116. The summed E-state index contributed by atoms with van der Waals surface area (Å²) in [5.74, 6) is 1.75. The largest absolute Gasteiger partial charge is 0.491 e.